The van der Waals surface area contributed by atoms with Gasteiger partial charge in [0.15, 0.2) is 0 Å². The molecule has 3 rings (SSSR count). The molecule has 0 saturated carbocycles. The van der Waals surface area contributed by atoms with Crippen molar-refractivity contribution in [2.24, 2.45) is 5.92 Å². The molecule has 47 heavy (non-hydrogen) atoms. The van der Waals surface area contributed by atoms with Crippen LogP contribution in [0.2, 0.25) is 0 Å². The van der Waals surface area contributed by atoms with Crippen molar-refractivity contribution in [2.45, 2.75) is 90.6 Å². The van der Waals surface area contributed by atoms with Crippen LogP contribution in [-0.2, 0) is 32.6 Å². The molecule has 0 bridgehead atoms. The molecule has 0 aliphatic carbocycles. The summed E-state index contributed by atoms with van der Waals surface area (Å²) in [6.07, 6.45) is -1.16. The Morgan fingerprint density at radius 2 is 1.60 bits per heavy atom. The van der Waals surface area contributed by atoms with Crippen LogP contribution in [-0.4, -0.2) is 60.7 Å². The van der Waals surface area contributed by atoms with Crippen LogP contribution >= 0.6 is 0 Å². The average molecular weight is 669 g/mol. The molecular formula is C36H48N2O8S. The summed E-state index contributed by atoms with van der Waals surface area (Å²) in [6, 6.07) is 20.9. The number of ether oxygens (including phenoxy) is 3. The highest BCUT2D eigenvalue weighted by Gasteiger charge is 2.32. The van der Waals surface area contributed by atoms with Gasteiger partial charge in [0, 0.05) is 20.0 Å². The summed E-state index contributed by atoms with van der Waals surface area (Å²) in [5, 5.41) is 14.3. The number of nitrogens with one attached hydrogen (secondary N) is 1. The lowest BCUT2D eigenvalue weighted by Crippen LogP contribution is -2.51. The van der Waals surface area contributed by atoms with Crippen molar-refractivity contribution < 1.29 is 37.3 Å². The van der Waals surface area contributed by atoms with Crippen molar-refractivity contribution in [3.05, 3.63) is 89.5 Å². The van der Waals surface area contributed by atoms with Crippen LogP contribution < -0.4 is 14.8 Å². The van der Waals surface area contributed by atoms with E-state index in [0.717, 1.165) is 11.1 Å². The Bertz CT molecular complexity index is 1570. The van der Waals surface area contributed by atoms with Crippen LogP contribution in [0.3, 0.4) is 0 Å². The first kappa shape index (κ1) is 37.5. The molecule has 0 fully saturated rings. The SMILES string of the molecule is CC(=O)Oc1ccc(S(=O)(=O)N(CC(C)C)C[C@@H](O)[C@H](CCc2ccc(OCc3ccccc3)cc2)NC(=O)OC(C)(C)C)cc1C. The van der Waals surface area contributed by atoms with Crippen molar-refractivity contribution in [1.29, 1.82) is 0 Å². The predicted molar refractivity (Wildman–Crippen MR) is 181 cm³/mol. The Morgan fingerprint density at radius 3 is 2.17 bits per heavy atom. The number of aliphatic hydroxyl groups excluding tert-OH is 1. The molecule has 2 atom stereocenters. The average Bonchev–Trinajstić information content (AvgIpc) is 2.98. The number of benzene rings is 3. The third kappa shape index (κ3) is 12.3. The quantitative estimate of drug-likeness (QED) is 0.148. The van der Waals surface area contributed by atoms with Gasteiger partial charge in [-0.15, -0.1) is 0 Å². The van der Waals surface area contributed by atoms with Gasteiger partial charge in [0.2, 0.25) is 10.0 Å². The number of rotatable bonds is 15. The minimum absolute atomic E-state index is 0.00461. The fourth-order valence-electron chi connectivity index (χ4n) is 4.85. The summed E-state index contributed by atoms with van der Waals surface area (Å²) < 4.78 is 45.5. The van der Waals surface area contributed by atoms with Gasteiger partial charge in [-0.2, -0.15) is 4.31 Å². The van der Waals surface area contributed by atoms with Crippen molar-refractivity contribution in [2.75, 3.05) is 13.1 Å². The van der Waals surface area contributed by atoms with E-state index < -0.39 is 39.8 Å². The number of carbonyl (C=O) groups is 2. The molecule has 11 heteroatoms. The molecule has 0 spiro atoms. The highest BCUT2D eigenvalue weighted by Crippen LogP contribution is 2.26. The number of amides is 1. The van der Waals surface area contributed by atoms with Crippen molar-refractivity contribution in [3.63, 3.8) is 0 Å². The predicted octanol–water partition coefficient (Wildman–Crippen LogP) is 6.03. The molecule has 0 aliphatic rings. The largest absolute Gasteiger partial charge is 0.489 e. The van der Waals surface area contributed by atoms with Gasteiger partial charge in [-0.3, -0.25) is 4.79 Å². The summed E-state index contributed by atoms with van der Waals surface area (Å²) in [4.78, 5) is 24.3. The van der Waals surface area contributed by atoms with Gasteiger partial charge in [0.1, 0.15) is 23.7 Å². The molecule has 0 aliphatic heterocycles. The Balaban J connectivity index is 1.78. The van der Waals surface area contributed by atoms with Gasteiger partial charge in [-0.1, -0.05) is 56.3 Å². The zero-order valence-corrected chi connectivity index (χ0v) is 29.2. The number of alkyl carbamates (subject to hydrolysis) is 1. The van der Waals surface area contributed by atoms with E-state index >= 15 is 0 Å². The Kier molecular flexibility index (Phi) is 13.4. The first-order chi connectivity index (χ1) is 22.0. The van der Waals surface area contributed by atoms with Crippen molar-refractivity contribution in [1.82, 2.24) is 9.62 Å². The highest BCUT2D eigenvalue weighted by molar-refractivity contribution is 7.89. The number of aliphatic hydroxyl groups is 1. The molecule has 3 aromatic carbocycles. The standard InChI is InChI=1S/C36H48N2O8S/c1-25(2)22-38(47(42,43)31-18-20-34(26(3)21-31)45-27(4)39)23-33(40)32(37-35(41)46-36(5,6)7)19-15-28-13-16-30(17-14-28)44-24-29-11-9-8-10-12-29/h8-14,16-18,20-21,25,32-33,40H,15,19,22-24H2,1-7H3,(H,37,41)/t32-,33+/m0/s1. The van der Waals surface area contributed by atoms with Crippen LogP contribution in [0.25, 0.3) is 0 Å². The minimum Gasteiger partial charge on any atom is -0.489 e. The van der Waals surface area contributed by atoms with Gasteiger partial charge in [0.25, 0.3) is 0 Å². The first-order valence-electron chi connectivity index (χ1n) is 15.8. The van der Waals surface area contributed by atoms with E-state index in [1.807, 2.05) is 68.4 Å². The Labute approximate surface area is 279 Å². The molecule has 1 amide bonds. The van der Waals surface area contributed by atoms with Gasteiger partial charge >= 0.3 is 12.1 Å². The van der Waals surface area contributed by atoms with E-state index in [1.54, 1.807) is 27.7 Å². The first-order valence-corrected chi connectivity index (χ1v) is 17.2. The van der Waals surface area contributed by atoms with Crippen molar-refractivity contribution in [3.8, 4) is 11.5 Å². The van der Waals surface area contributed by atoms with Gasteiger partial charge in [-0.05, 0) is 93.5 Å². The van der Waals surface area contributed by atoms with Gasteiger partial charge in [-0.25, -0.2) is 13.2 Å². The van der Waals surface area contributed by atoms with E-state index in [0.29, 0.717) is 30.8 Å². The Morgan fingerprint density at radius 1 is 0.936 bits per heavy atom. The molecule has 256 valence electrons. The van der Waals surface area contributed by atoms with Gasteiger partial charge < -0.3 is 24.6 Å². The molecular weight excluding hydrogens is 620 g/mol. The lowest BCUT2D eigenvalue weighted by atomic mass is 10.0. The van der Waals surface area contributed by atoms with Crippen molar-refractivity contribution >= 4 is 22.1 Å². The fourth-order valence-corrected chi connectivity index (χ4v) is 6.56. The maximum Gasteiger partial charge on any atom is 0.407 e. The van der Waals surface area contributed by atoms with Crippen LogP contribution in [0.4, 0.5) is 4.79 Å². The van der Waals surface area contributed by atoms with E-state index in [1.165, 1.54) is 29.4 Å². The highest BCUT2D eigenvalue weighted by atomic mass is 32.2. The second kappa shape index (κ2) is 16.8. The molecule has 0 heterocycles. The monoisotopic (exact) mass is 668 g/mol. The van der Waals surface area contributed by atoms with Crippen LogP contribution in [0.15, 0.2) is 77.7 Å². The molecule has 10 nitrogen and oxygen atoms in total. The van der Waals surface area contributed by atoms with Crippen LogP contribution in [0.5, 0.6) is 11.5 Å². The lowest BCUT2D eigenvalue weighted by molar-refractivity contribution is -0.131. The smallest absolute Gasteiger partial charge is 0.407 e. The maximum absolute atomic E-state index is 13.9. The topological polar surface area (TPSA) is 131 Å². The molecule has 3 aromatic rings. The van der Waals surface area contributed by atoms with Crippen LogP contribution in [0.1, 0.15) is 64.7 Å². The number of sulfonamides is 1. The minimum atomic E-state index is -4.07. The molecule has 0 saturated heterocycles. The maximum atomic E-state index is 13.9. The summed E-state index contributed by atoms with van der Waals surface area (Å²) >= 11 is 0. The summed E-state index contributed by atoms with van der Waals surface area (Å²) in [5.41, 5.74) is 1.73. The third-order valence-corrected chi connectivity index (χ3v) is 8.91. The number of nitrogens with zero attached hydrogens (tertiary/aromatic N) is 1. The molecule has 2 N–H and O–H groups in total. The summed E-state index contributed by atoms with van der Waals surface area (Å²) in [6.45, 7) is 12.2. The number of aryl methyl sites for hydroxylation is 2. The molecule has 0 radical (unpaired) electrons. The summed E-state index contributed by atoms with van der Waals surface area (Å²) in [5.74, 6) is 0.415. The van der Waals surface area contributed by atoms with Crippen LogP contribution in [0, 0.1) is 12.8 Å². The second-order valence-corrected chi connectivity index (χ2v) is 15.0. The molecule has 0 unspecified atom stereocenters. The summed E-state index contributed by atoms with van der Waals surface area (Å²) in [7, 11) is -4.07. The van der Waals surface area contributed by atoms with E-state index in [4.69, 9.17) is 14.2 Å². The Hall–Kier alpha value is -3.93. The zero-order valence-electron chi connectivity index (χ0n) is 28.4. The third-order valence-electron chi connectivity index (χ3n) is 7.08. The number of carbonyl (C=O) groups excluding carboxylic acids is 2. The number of esters is 1. The normalized spacial score (nSPS) is 13.2. The second-order valence-electron chi connectivity index (χ2n) is 13.0. The van der Waals surface area contributed by atoms with E-state index in [-0.39, 0.29) is 29.7 Å². The molecule has 0 aromatic heterocycles. The van der Waals surface area contributed by atoms with Gasteiger partial charge in [0.05, 0.1) is 17.0 Å². The number of hydrogen-bond donors (Lipinski definition) is 2. The van der Waals surface area contributed by atoms with E-state index in [2.05, 4.69) is 5.32 Å². The lowest BCUT2D eigenvalue weighted by Gasteiger charge is -2.31. The fraction of sp³-hybridized carbons (Fsp3) is 0.444. The zero-order chi connectivity index (χ0) is 34.8. The number of hydrogen-bond acceptors (Lipinski definition) is 8. The van der Waals surface area contributed by atoms with E-state index in [9.17, 15) is 23.1 Å².